The van der Waals surface area contributed by atoms with Gasteiger partial charge in [0.2, 0.25) is 5.69 Å². The standard InChI is InChI=1S/C23H23N2O/c1-22(2)21-12-16-13-24-14-23(21,20-7-5-4-6-19(16)20)15-25(22)17-8-10-18(26-3)11-9-17/h4-12,14-16H,13H2,1-3H3/q+1/t16?,23-/m0/s1. The van der Waals surface area contributed by atoms with Gasteiger partial charge in [0, 0.05) is 50.2 Å². The Bertz CT molecular complexity index is 982. The maximum atomic E-state index is 5.33. The van der Waals surface area contributed by atoms with E-state index in [0.717, 1.165) is 12.3 Å². The summed E-state index contributed by atoms with van der Waals surface area (Å²) in [7, 11) is 1.70. The highest BCUT2D eigenvalue weighted by Gasteiger charge is 2.59. The topological polar surface area (TPSA) is 24.6 Å². The average molecular weight is 343 g/mol. The van der Waals surface area contributed by atoms with E-state index < -0.39 is 0 Å². The Kier molecular flexibility index (Phi) is 3.09. The van der Waals surface area contributed by atoms with Crippen LogP contribution in [-0.2, 0) is 5.41 Å². The Morgan fingerprint density at radius 2 is 1.85 bits per heavy atom. The number of hydrogen-bond donors (Lipinski definition) is 0. The van der Waals surface area contributed by atoms with Crippen molar-refractivity contribution in [3.05, 3.63) is 71.3 Å². The van der Waals surface area contributed by atoms with Crippen LogP contribution in [0.2, 0.25) is 0 Å². The van der Waals surface area contributed by atoms with E-state index in [1.165, 1.54) is 22.4 Å². The van der Waals surface area contributed by atoms with E-state index in [2.05, 4.69) is 73.3 Å². The molecule has 2 aromatic rings. The summed E-state index contributed by atoms with van der Waals surface area (Å²) in [4.78, 5) is 4.81. The van der Waals surface area contributed by atoms with Gasteiger partial charge in [-0.2, -0.15) is 4.58 Å². The van der Waals surface area contributed by atoms with Gasteiger partial charge in [0.1, 0.15) is 11.2 Å². The van der Waals surface area contributed by atoms with E-state index in [4.69, 9.17) is 9.73 Å². The molecular weight excluding hydrogens is 320 g/mol. The molecule has 130 valence electrons. The van der Waals surface area contributed by atoms with Crippen LogP contribution >= 0.6 is 0 Å². The summed E-state index contributed by atoms with van der Waals surface area (Å²) in [5.41, 5.74) is 5.05. The molecule has 0 N–H and O–H groups in total. The van der Waals surface area contributed by atoms with E-state index in [9.17, 15) is 0 Å². The van der Waals surface area contributed by atoms with E-state index >= 15 is 0 Å². The molecule has 2 bridgehead atoms. The van der Waals surface area contributed by atoms with Crippen molar-refractivity contribution in [1.29, 1.82) is 0 Å². The SMILES string of the molecule is COc1ccc([N+]2=C[C@]34C=NCC(C=C3C2(C)C)c2ccccc24)cc1. The number of hydrogen-bond acceptors (Lipinski definition) is 2. The van der Waals surface area contributed by atoms with E-state index in [-0.39, 0.29) is 11.0 Å². The van der Waals surface area contributed by atoms with Gasteiger partial charge < -0.3 is 4.74 Å². The first-order chi connectivity index (χ1) is 12.6. The highest BCUT2D eigenvalue weighted by Crippen LogP contribution is 2.52. The molecule has 1 aliphatic carbocycles. The third-order valence-electron chi connectivity index (χ3n) is 6.16. The van der Waals surface area contributed by atoms with Gasteiger partial charge >= 0.3 is 0 Å². The van der Waals surface area contributed by atoms with Crippen LogP contribution in [0, 0.1) is 0 Å². The number of nitrogens with zero attached hydrogens (tertiary/aromatic N) is 2. The first kappa shape index (κ1) is 15.6. The molecule has 26 heavy (non-hydrogen) atoms. The van der Waals surface area contributed by atoms with Crippen LogP contribution < -0.4 is 4.74 Å². The van der Waals surface area contributed by atoms with Crippen molar-refractivity contribution < 1.29 is 9.31 Å². The molecule has 0 fully saturated rings. The fraction of sp³-hybridized carbons (Fsp3) is 0.304. The van der Waals surface area contributed by atoms with Gasteiger partial charge in [0.05, 0.1) is 7.11 Å². The quantitative estimate of drug-likeness (QED) is 0.591. The van der Waals surface area contributed by atoms with Crippen molar-refractivity contribution >= 4 is 18.1 Å². The van der Waals surface area contributed by atoms with Gasteiger partial charge in [-0.1, -0.05) is 30.3 Å². The summed E-state index contributed by atoms with van der Waals surface area (Å²) in [6.45, 7) is 5.46. The van der Waals surface area contributed by atoms with Gasteiger partial charge in [-0.25, -0.2) is 0 Å². The van der Waals surface area contributed by atoms with Gasteiger partial charge in [-0.3, -0.25) is 4.99 Å². The number of benzene rings is 2. The number of methoxy groups -OCH3 is 1. The molecule has 3 heteroatoms. The zero-order valence-electron chi connectivity index (χ0n) is 15.4. The molecule has 0 aromatic heterocycles. The van der Waals surface area contributed by atoms with Crippen LogP contribution in [-0.4, -0.2) is 36.2 Å². The Hall–Kier alpha value is -2.68. The molecule has 0 amide bonds. The normalized spacial score (nSPS) is 27.3. The summed E-state index contributed by atoms with van der Waals surface area (Å²) in [5.74, 6) is 1.25. The van der Waals surface area contributed by atoms with Crippen LogP contribution in [0.25, 0.3) is 0 Å². The number of rotatable bonds is 2. The molecule has 0 saturated carbocycles. The lowest BCUT2D eigenvalue weighted by Gasteiger charge is -2.32. The molecule has 2 atom stereocenters. The fourth-order valence-electron chi connectivity index (χ4n) is 4.89. The maximum Gasteiger partial charge on any atom is 0.205 e. The molecule has 2 aromatic carbocycles. The molecular formula is C23H23N2O+. The largest absolute Gasteiger partial charge is 0.497 e. The Morgan fingerprint density at radius 3 is 2.62 bits per heavy atom. The van der Waals surface area contributed by atoms with E-state index in [0.29, 0.717) is 5.92 Å². The minimum absolute atomic E-state index is 0.114. The van der Waals surface area contributed by atoms with Crippen molar-refractivity contribution in [3.63, 3.8) is 0 Å². The zero-order valence-corrected chi connectivity index (χ0v) is 15.4. The minimum Gasteiger partial charge on any atom is -0.497 e. The monoisotopic (exact) mass is 343 g/mol. The average Bonchev–Trinajstić information content (AvgIpc) is 2.82. The third-order valence-corrected chi connectivity index (χ3v) is 6.16. The lowest BCUT2D eigenvalue weighted by atomic mass is 9.65. The van der Waals surface area contributed by atoms with Gasteiger partial charge in [0.15, 0.2) is 11.8 Å². The summed E-state index contributed by atoms with van der Waals surface area (Å²) in [5, 5.41) is 0. The third kappa shape index (κ3) is 1.89. The summed E-state index contributed by atoms with van der Waals surface area (Å²) in [6.07, 6.45) is 7.01. The van der Waals surface area contributed by atoms with Crippen LogP contribution in [0.15, 0.2) is 65.2 Å². The smallest absolute Gasteiger partial charge is 0.205 e. The van der Waals surface area contributed by atoms with E-state index in [1.54, 1.807) is 7.11 Å². The Balaban J connectivity index is 1.76. The molecule has 0 radical (unpaired) electrons. The number of ether oxygens (including phenoxy) is 1. The lowest BCUT2D eigenvalue weighted by molar-refractivity contribution is -0.501. The molecule has 3 heterocycles. The van der Waals surface area contributed by atoms with Crippen LogP contribution in [0.3, 0.4) is 0 Å². The first-order valence-corrected chi connectivity index (χ1v) is 9.19. The molecule has 3 aliphatic heterocycles. The van der Waals surface area contributed by atoms with Gasteiger partial charge in [-0.05, 0) is 23.3 Å². The van der Waals surface area contributed by atoms with E-state index in [1.807, 2.05) is 12.1 Å². The first-order valence-electron chi connectivity index (χ1n) is 9.19. The van der Waals surface area contributed by atoms with Crippen LogP contribution in [0.5, 0.6) is 5.75 Å². The van der Waals surface area contributed by atoms with Gasteiger partial charge in [-0.15, -0.1) is 0 Å². The second-order valence-corrected chi connectivity index (χ2v) is 7.89. The summed E-state index contributed by atoms with van der Waals surface area (Å²) < 4.78 is 7.73. The second kappa shape index (κ2) is 5.16. The van der Waals surface area contributed by atoms with Crippen molar-refractivity contribution in [1.82, 2.24) is 0 Å². The molecule has 3 nitrogen and oxygen atoms in total. The molecule has 0 saturated heterocycles. The Labute approximate surface area is 154 Å². The van der Waals surface area contributed by atoms with Crippen molar-refractivity contribution in [2.45, 2.75) is 30.7 Å². The number of aliphatic imine (C=N–C) groups is 1. The molecule has 1 unspecified atom stereocenters. The predicted molar refractivity (Wildman–Crippen MR) is 105 cm³/mol. The van der Waals surface area contributed by atoms with Crippen LogP contribution in [0.1, 0.15) is 30.9 Å². The Morgan fingerprint density at radius 1 is 1.08 bits per heavy atom. The fourth-order valence-corrected chi connectivity index (χ4v) is 4.89. The van der Waals surface area contributed by atoms with Crippen molar-refractivity contribution in [2.24, 2.45) is 4.99 Å². The highest BCUT2D eigenvalue weighted by molar-refractivity contribution is 6.03. The van der Waals surface area contributed by atoms with Gasteiger partial charge in [0.25, 0.3) is 0 Å². The van der Waals surface area contributed by atoms with Crippen LogP contribution in [0.4, 0.5) is 5.69 Å². The highest BCUT2D eigenvalue weighted by atomic mass is 16.5. The molecule has 4 aliphatic rings. The molecule has 6 rings (SSSR count). The van der Waals surface area contributed by atoms with Crippen molar-refractivity contribution in [2.75, 3.05) is 13.7 Å². The zero-order chi connectivity index (χ0) is 17.9. The van der Waals surface area contributed by atoms with Crippen molar-refractivity contribution in [3.8, 4) is 5.75 Å². The molecule has 1 spiro atoms. The second-order valence-electron chi connectivity index (χ2n) is 7.89. The minimum atomic E-state index is -0.243. The number of fused-ring (bicyclic) bond motifs is 1. The lowest BCUT2D eigenvalue weighted by Crippen LogP contribution is -2.39. The summed E-state index contributed by atoms with van der Waals surface area (Å²) in [6, 6.07) is 17.2. The predicted octanol–water partition coefficient (Wildman–Crippen LogP) is 4.25. The maximum absolute atomic E-state index is 5.33. The summed E-state index contributed by atoms with van der Waals surface area (Å²) >= 11 is 0.